The van der Waals surface area contributed by atoms with E-state index in [-0.39, 0.29) is 5.69 Å². The molecule has 1 aromatic heterocycles. The fraction of sp³-hybridized carbons (Fsp3) is 0.263. The first-order valence-corrected chi connectivity index (χ1v) is 10.4. The molecule has 1 N–H and O–H groups in total. The van der Waals surface area contributed by atoms with Crippen LogP contribution in [-0.4, -0.2) is 23.2 Å². The van der Waals surface area contributed by atoms with Gasteiger partial charge in [-0.05, 0) is 49.2 Å². The molecule has 1 aliphatic rings. The van der Waals surface area contributed by atoms with Gasteiger partial charge in [-0.2, -0.15) is 0 Å². The first kappa shape index (κ1) is 18.5. The third kappa shape index (κ3) is 3.49. The average Bonchev–Trinajstić information content (AvgIpc) is 2.90. The summed E-state index contributed by atoms with van der Waals surface area (Å²) >= 11 is 0. The molecule has 28 heavy (non-hydrogen) atoms. The Morgan fingerprint density at radius 2 is 1.64 bits per heavy atom. The zero-order valence-electron chi connectivity index (χ0n) is 14.9. The van der Waals surface area contributed by atoms with E-state index in [0.29, 0.717) is 0 Å². The third-order valence-electron chi connectivity index (χ3n) is 4.69. The molecule has 0 saturated heterocycles. The highest BCUT2D eigenvalue weighted by molar-refractivity contribution is 7.92. The minimum atomic E-state index is -4.39. The largest absolute Gasteiger partial charge is 0.311 e. The van der Waals surface area contributed by atoms with Crippen LogP contribution in [0.1, 0.15) is 25.1 Å². The first-order valence-electron chi connectivity index (χ1n) is 8.95. The van der Waals surface area contributed by atoms with Crippen molar-refractivity contribution >= 4 is 15.7 Å². The van der Waals surface area contributed by atoms with Gasteiger partial charge in [0.05, 0.1) is 0 Å². The Balaban J connectivity index is 1.60. The number of hydrogen-bond donors (Lipinski definition) is 1. The smallest absolute Gasteiger partial charge is 0.267 e. The minimum absolute atomic E-state index is 0.196. The van der Waals surface area contributed by atoms with Crippen LogP contribution < -0.4 is 4.72 Å². The maximum Gasteiger partial charge on any atom is 0.267 e. The van der Waals surface area contributed by atoms with Crippen LogP contribution in [0.15, 0.2) is 47.4 Å². The molecule has 0 atom stereocenters. The Labute approximate surface area is 161 Å². The number of halogens is 2. The van der Waals surface area contributed by atoms with E-state index in [4.69, 9.17) is 0 Å². The number of sulfonamides is 1. The Hall–Kier alpha value is -2.81. The highest BCUT2D eigenvalue weighted by Gasteiger charge is 2.24. The summed E-state index contributed by atoms with van der Waals surface area (Å²) in [4.78, 5) is -0.998. The van der Waals surface area contributed by atoms with Crippen molar-refractivity contribution in [1.82, 2.24) is 14.8 Å². The molecule has 1 aliphatic heterocycles. The molecule has 0 fully saturated rings. The molecule has 146 valence electrons. The van der Waals surface area contributed by atoms with E-state index in [0.717, 1.165) is 67.6 Å². The topological polar surface area (TPSA) is 76.9 Å². The number of aromatic nitrogens is 3. The lowest BCUT2D eigenvalue weighted by molar-refractivity contribution is 0.521. The molecule has 0 radical (unpaired) electrons. The third-order valence-corrected chi connectivity index (χ3v) is 6.12. The van der Waals surface area contributed by atoms with Gasteiger partial charge in [-0.1, -0.05) is 12.5 Å². The van der Waals surface area contributed by atoms with Crippen molar-refractivity contribution in [2.45, 2.75) is 37.1 Å². The second-order valence-electron chi connectivity index (χ2n) is 6.64. The van der Waals surface area contributed by atoms with E-state index in [1.54, 1.807) is 12.1 Å². The van der Waals surface area contributed by atoms with Crippen LogP contribution in [0, 0.1) is 11.6 Å². The molecule has 2 heterocycles. The number of nitrogens with zero attached hydrogens (tertiary/aromatic N) is 3. The molecule has 6 nitrogen and oxygen atoms in total. The van der Waals surface area contributed by atoms with E-state index in [9.17, 15) is 17.2 Å². The van der Waals surface area contributed by atoms with E-state index in [1.165, 1.54) is 12.1 Å². The van der Waals surface area contributed by atoms with Gasteiger partial charge in [0, 0.05) is 24.2 Å². The number of nitrogens with one attached hydrogen (secondary N) is 1. The Morgan fingerprint density at radius 3 is 2.36 bits per heavy atom. The highest BCUT2D eigenvalue weighted by Crippen LogP contribution is 2.26. The lowest BCUT2D eigenvalue weighted by atomic mass is 10.2. The molecule has 0 aliphatic carbocycles. The molecule has 0 amide bonds. The predicted molar refractivity (Wildman–Crippen MR) is 100 cm³/mol. The number of hydrogen-bond acceptors (Lipinski definition) is 4. The zero-order valence-corrected chi connectivity index (χ0v) is 15.7. The van der Waals surface area contributed by atoms with Crippen LogP contribution in [0.25, 0.3) is 11.4 Å². The van der Waals surface area contributed by atoms with Gasteiger partial charge < -0.3 is 4.57 Å². The van der Waals surface area contributed by atoms with Crippen molar-refractivity contribution in [3.05, 3.63) is 59.9 Å². The summed E-state index contributed by atoms with van der Waals surface area (Å²) in [7, 11) is -4.39. The second kappa shape index (κ2) is 7.31. The molecular formula is C19H18F2N4O2S. The van der Waals surface area contributed by atoms with E-state index in [1.807, 2.05) is 0 Å². The van der Waals surface area contributed by atoms with Crippen LogP contribution >= 0.6 is 0 Å². The molecule has 0 saturated carbocycles. The van der Waals surface area contributed by atoms with E-state index < -0.39 is 26.6 Å². The summed E-state index contributed by atoms with van der Waals surface area (Å²) in [5, 5.41) is 8.51. The molecule has 2 aromatic carbocycles. The van der Waals surface area contributed by atoms with Crippen LogP contribution in [0.3, 0.4) is 0 Å². The van der Waals surface area contributed by atoms with Gasteiger partial charge in [-0.15, -0.1) is 10.2 Å². The van der Waals surface area contributed by atoms with E-state index in [2.05, 4.69) is 19.5 Å². The van der Waals surface area contributed by atoms with Gasteiger partial charge in [0.25, 0.3) is 10.0 Å². The van der Waals surface area contributed by atoms with Gasteiger partial charge >= 0.3 is 0 Å². The molecule has 0 unspecified atom stereocenters. The van der Waals surface area contributed by atoms with Gasteiger partial charge in [0.15, 0.2) is 10.7 Å². The number of benzene rings is 2. The van der Waals surface area contributed by atoms with Crippen LogP contribution in [0.2, 0.25) is 0 Å². The van der Waals surface area contributed by atoms with Crippen molar-refractivity contribution < 1.29 is 17.2 Å². The Kier molecular flexibility index (Phi) is 4.84. The highest BCUT2D eigenvalue weighted by atomic mass is 32.2. The van der Waals surface area contributed by atoms with Crippen molar-refractivity contribution in [3.63, 3.8) is 0 Å². The van der Waals surface area contributed by atoms with Crippen molar-refractivity contribution in [2.24, 2.45) is 0 Å². The van der Waals surface area contributed by atoms with Gasteiger partial charge in [0.1, 0.15) is 17.5 Å². The lowest BCUT2D eigenvalue weighted by Crippen LogP contribution is -2.16. The van der Waals surface area contributed by atoms with Gasteiger partial charge in [-0.3, -0.25) is 4.72 Å². The quantitative estimate of drug-likeness (QED) is 0.719. The van der Waals surface area contributed by atoms with Crippen molar-refractivity contribution in [2.75, 3.05) is 4.72 Å². The first-order chi connectivity index (χ1) is 13.5. The number of fused-ring (bicyclic) bond motifs is 1. The summed E-state index contributed by atoms with van der Waals surface area (Å²) in [6.07, 6.45) is 4.19. The zero-order chi connectivity index (χ0) is 19.7. The van der Waals surface area contributed by atoms with Gasteiger partial charge in [0.2, 0.25) is 0 Å². The fourth-order valence-electron chi connectivity index (χ4n) is 3.33. The summed E-state index contributed by atoms with van der Waals surface area (Å²) < 4.78 is 56.7. The minimum Gasteiger partial charge on any atom is -0.311 e. The lowest BCUT2D eigenvalue weighted by Gasteiger charge is -2.11. The standard InChI is InChI=1S/C19H18F2N4O2S/c20-15-5-4-6-16(21)18(15)28(26,27)24-14-10-8-13(9-11-14)19-23-22-17-7-2-1-3-12-25(17)19/h4-6,8-11,24H,1-3,7,12H2. The second-order valence-corrected chi connectivity index (χ2v) is 8.26. The van der Waals surface area contributed by atoms with Crippen LogP contribution in [0.4, 0.5) is 14.5 Å². The fourth-order valence-corrected chi connectivity index (χ4v) is 4.53. The van der Waals surface area contributed by atoms with Crippen LogP contribution in [0.5, 0.6) is 0 Å². The molecule has 3 aromatic rings. The average molecular weight is 404 g/mol. The molecule has 0 bridgehead atoms. The number of aryl methyl sites for hydroxylation is 1. The monoisotopic (exact) mass is 404 g/mol. The maximum atomic E-state index is 13.8. The van der Waals surface area contributed by atoms with Crippen LogP contribution in [-0.2, 0) is 23.0 Å². The molecular weight excluding hydrogens is 386 g/mol. The number of rotatable bonds is 4. The summed E-state index contributed by atoms with van der Waals surface area (Å²) in [6.45, 7) is 0.846. The Morgan fingerprint density at radius 1 is 0.929 bits per heavy atom. The summed E-state index contributed by atoms with van der Waals surface area (Å²) in [5.74, 6) is -0.607. The van der Waals surface area contributed by atoms with Crippen molar-refractivity contribution in [3.8, 4) is 11.4 Å². The predicted octanol–water partition coefficient (Wildman–Crippen LogP) is 3.75. The molecule has 0 spiro atoms. The number of anilines is 1. The maximum absolute atomic E-state index is 13.8. The van der Waals surface area contributed by atoms with Crippen molar-refractivity contribution in [1.29, 1.82) is 0 Å². The van der Waals surface area contributed by atoms with E-state index >= 15 is 0 Å². The Bertz CT molecular complexity index is 1090. The summed E-state index contributed by atoms with van der Waals surface area (Å²) in [6, 6.07) is 9.39. The SMILES string of the molecule is O=S(=O)(Nc1ccc(-c2nnc3n2CCCCC3)cc1)c1c(F)cccc1F. The normalized spacial score (nSPS) is 14.4. The molecule has 9 heteroatoms. The summed E-state index contributed by atoms with van der Waals surface area (Å²) in [5.41, 5.74) is 0.989. The molecule has 4 rings (SSSR count). The van der Waals surface area contributed by atoms with Gasteiger partial charge in [-0.25, -0.2) is 17.2 Å².